The Labute approximate surface area is 193 Å². The van der Waals surface area contributed by atoms with Crippen LogP contribution in [0.2, 0.25) is 0 Å². The third-order valence-electron chi connectivity index (χ3n) is 4.75. The molecule has 0 spiro atoms. The van der Waals surface area contributed by atoms with Crippen LogP contribution in [0.25, 0.3) is 0 Å². The summed E-state index contributed by atoms with van der Waals surface area (Å²) in [5.41, 5.74) is 2.37. The number of para-hydroxylation sites is 2. The van der Waals surface area contributed by atoms with E-state index in [1.165, 1.54) is 0 Å². The van der Waals surface area contributed by atoms with E-state index in [1.807, 2.05) is 48.5 Å². The number of benzene rings is 3. The van der Waals surface area contributed by atoms with Crippen molar-refractivity contribution in [2.45, 2.75) is 13.5 Å². The molecule has 0 aliphatic carbocycles. The maximum atomic E-state index is 12.8. The molecule has 0 saturated heterocycles. The zero-order valence-corrected chi connectivity index (χ0v) is 18.5. The lowest BCUT2D eigenvalue weighted by molar-refractivity contribution is -0.144. The van der Waals surface area contributed by atoms with E-state index < -0.39 is 5.97 Å². The van der Waals surface area contributed by atoms with Gasteiger partial charge in [-0.25, -0.2) is 0 Å². The monoisotopic (exact) mass is 445 g/mol. The molecule has 0 radical (unpaired) electrons. The number of nitrogens with one attached hydrogen (secondary N) is 2. The van der Waals surface area contributed by atoms with Crippen LogP contribution < -0.4 is 10.6 Å². The first-order valence-electron chi connectivity index (χ1n) is 10.7. The molecule has 0 atom stereocenters. The number of amides is 2. The van der Waals surface area contributed by atoms with Crippen molar-refractivity contribution in [2.24, 2.45) is 0 Å². The van der Waals surface area contributed by atoms with E-state index in [9.17, 15) is 14.4 Å². The summed E-state index contributed by atoms with van der Waals surface area (Å²) < 4.78 is 5.05. The highest BCUT2D eigenvalue weighted by molar-refractivity contribution is 6.10. The quantitative estimate of drug-likeness (QED) is 0.462. The molecule has 0 aliphatic heterocycles. The van der Waals surface area contributed by atoms with Gasteiger partial charge in [-0.3, -0.25) is 19.3 Å². The summed E-state index contributed by atoms with van der Waals surface area (Å²) >= 11 is 0. The van der Waals surface area contributed by atoms with Crippen molar-refractivity contribution in [3.8, 4) is 0 Å². The fraction of sp³-hybridized carbons (Fsp3) is 0.192. The van der Waals surface area contributed by atoms with Gasteiger partial charge in [-0.2, -0.15) is 0 Å². The van der Waals surface area contributed by atoms with E-state index in [-0.39, 0.29) is 31.5 Å². The highest BCUT2D eigenvalue weighted by Gasteiger charge is 2.18. The molecule has 0 saturated carbocycles. The highest BCUT2D eigenvalue weighted by atomic mass is 16.5. The third-order valence-corrected chi connectivity index (χ3v) is 4.75. The lowest BCUT2D eigenvalue weighted by atomic mass is 10.1. The van der Waals surface area contributed by atoms with Crippen molar-refractivity contribution in [1.29, 1.82) is 0 Å². The SMILES string of the molecule is CCOC(=O)CN(CC(=O)Nc1ccccc1C(=O)Nc1ccccc1)Cc1ccccc1. The summed E-state index contributed by atoms with van der Waals surface area (Å²) in [6, 6.07) is 25.5. The Morgan fingerprint density at radius 3 is 2.12 bits per heavy atom. The first kappa shape index (κ1) is 23.7. The van der Waals surface area contributed by atoms with Crippen molar-refractivity contribution in [2.75, 3.05) is 30.3 Å². The van der Waals surface area contributed by atoms with E-state index in [2.05, 4.69) is 10.6 Å². The fourth-order valence-electron chi connectivity index (χ4n) is 3.30. The molecule has 2 amide bonds. The zero-order valence-electron chi connectivity index (χ0n) is 18.5. The van der Waals surface area contributed by atoms with Gasteiger partial charge in [0, 0.05) is 12.2 Å². The van der Waals surface area contributed by atoms with Gasteiger partial charge in [0.1, 0.15) is 0 Å². The van der Waals surface area contributed by atoms with Gasteiger partial charge < -0.3 is 15.4 Å². The molecule has 0 fully saturated rings. The van der Waals surface area contributed by atoms with Crippen molar-refractivity contribution in [1.82, 2.24) is 4.90 Å². The second kappa shape index (κ2) is 12.2. The van der Waals surface area contributed by atoms with Gasteiger partial charge in [-0.1, -0.05) is 60.7 Å². The first-order valence-corrected chi connectivity index (χ1v) is 10.7. The minimum Gasteiger partial charge on any atom is -0.465 e. The van der Waals surface area contributed by atoms with Crippen molar-refractivity contribution in [3.05, 3.63) is 96.1 Å². The van der Waals surface area contributed by atoms with Gasteiger partial charge >= 0.3 is 5.97 Å². The Morgan fingerprint density at radius 1 is 0.788 bits per heavy atom. The smallest absolute Gasteiger partial charge is 0.320 e. The lowest BCUT2D eigenvalue weighted by Gasteiger charge is -2.21. The molecule has 2 N–H and O–H groups in total. The maximum Gasteiger partial charge on any atom is 0.320 e. The summed E-state index contributed by atoms with van der Waals surface area (Å²) in [6.07, 6.45) is 0. The number of hydrogen-bond donors (Lipinski definition) is 2. The van der Waals surface area contributed by atoms with Gasteiger partial charge in [0.05, 0.1) is 30.9 Å². The normalized spacial score (nSPS) is 10.5. The Balaban J connectivity index is 1.69. The minimum absolute atomic E-state index is 0.0215. The van der Waals surface area contributed by atoms with E-state index in [0.29, 0.717) is 23.5 Å². The van der Waals surface area contributed by atoms with Gasteiger partial charge in [0.2, 0.25) is 5.91 Å². The molecule has 0 aromatic heterocycles. The largest absolute Gasteiger partial charge is 0.465 e. The molecule has 3 aromatic carbocycles. The molecule has 7 heteroatoms. The van der Waals surface area contributed by atoms with Crippen LogP contribution in [0.4, 0.5) is 11.4 Å². The van der Waals surface area contributed by atoms with Gasteiger partial charge in [-0.15, -0.1) is 0 Å². The van der Waals surface area contributed by atoms with Crippen LogP contribution in [0.15, 0.2) is 84.9 Å². The summed E-state index contributed by atoms with van der Waals surface area (Å²) in [7, 11) is 0. The number of rotatable bonds is 10. The molecule has 3 aromatic rings. The minimum atomic E-state index is -0.399. The van der Waals surface area contributed by atoms with Gasteiger partial charge in [-0.05, 0) is 36.8 Å². The molecule has 0 aliphatic rings. The van der Waals surface area contributed by atoms with Gasteiger partial charge in [0.15, 0.2) is 0 Å². The Hall–Kier alpha value is -3.97. The molecule has 0 heterocycles. The predicted molar refractivity (Wildman–Crippen MR) is 128 cm³/mol. The summed E-state index contributed by atoms with van der Waals surface area (Å²) in [5, 5.41) is 5.63. The number of carbonyl (C=O) groups excluding carboxylic acids is 3. The average Bonchev–Trinajstić information content (AvgIpc) is 2.80. The van der Waals surface area contributed by atoms with Crippen LogP contribution in [0.1, 0.15) is 22.8 Å². The van der Waals surface area contributed by atoms with E-state index in [1.54, 1.807) is 48.2 Å². The van der Waals surface area contributed by atoms with Crippen LogP contribution >= 0.6 is 0 Å². The second-order valence-corrected chi connectivity index (χ2v) is 7.35. The van der Waals surface area contributed by atoms with Crippen molar-refractivity contribution >= 4 is 29.2 Å². The lowest BCUT2D eigenvalue weighted by Crippen LogP contribution is -2.37. The molecular formula is C26H27N3O4. The van der Waals surface area contributed by atoms with Crippen LogP contribution in [-0.2, 0) is 20.9 Å². The standard InChI is InChI=1S/C26H27N3O4/c1-2-33-25(31)19-29(17-20-11-5-3-6-12-20)18-24(30)28-23-16-10-9-15-22(23)26(32)27-21-13-7-4-8-14-21/h3-16H,2,17-19H2,1H3,(H,27,32)(H,28,30). The highest BCUT2D eigenvalue weighted by Crippen LogP contribution is 2.18. The molecule has 0 bridgehead atoms. The molecule has 0 unspecified atom stereocenters. The Morgan fingerprint density at radius 2 is 1.42 bits per heavy atom. The van der Waals surface area contributed by atoms with Crippen LogP contribution in [0.3, 0.4) is 0 Å². The molecule has 33 heavy (non-hydrogen) atoms. The molecule has 3 rings (SSSR count). The number of ether oxygens (including phenoxy) is 1. The first-order chi connectivity index (χ1) is 16.0. The van der Waals surface area contributed by atoms with Crippen LogP contribution in [-0.4, -0.2) is 42.4 Å². The summed E-state index contributed by atoms with van der Waals surface area (Å²) in [5.74, 6) is -1.07. The maximum absolute atomic E-state index is 12.8. The molecular weight excluding hydrogens is 418 g/mol. The second-order valence-electron chi connectivity index (χ2n) is 7.35. The number of anilines is 2. The summed E-state index contributed by atoms with van der Waals surface area (Å²) in [4.78, 5) is 39.4. The zero-order chi connectivity index (χ0) is 23.5. The van der Waals surface area contributed by atoms with Crippen molar-refractivity contribution in [3.63, 3.8) is 0 Å². The molecule has 7 nitrogen and oxygen atoms in total. The number of esters is 1. The summed E-state index contributed by atoms with van der Waals surface area (Å²) in [6.45, 7) is 2.36. The van der Waals surface area contributed by atoms with Crippen LogP contribution in [0.5, 0.6) is 0 Å². The Kier molecular flexibility index (Phi) is 8.73. The predicted octanol–water partition coefficient (Wildman–Crippen LogP) is 3.94. The topological polar surface area (TPSA) is 87.7 Å². The average molecular weight is 446 g/mol. The van der Waals surface area contributed by atoms with Crippen molar-refractivity contribution < 1.29 is 19.1 Å². The third kappa shape index (κ3) is 7.59. The number of hydrogen-bond acceptors (Lipinski definition) is 5. The van der Waals surface area contributed by atoms with E-state index in [0.717, 1.165) is 5.56 Å². The number of carbonyl (C=O) groups is 3. The Bertz CT molecular complexity index is 1070. The van der Waals surface area contributed by atoms with E-state index in [4.69, 9.17) is 4.74 Å². The number of nitrogens with zero attached hydrogens (tertiary/aromatic N) is 1. The molecule has 170 valence electrons. The van der Waals surface area contributed by atoms with E-state index >= 15 is 0 Å². The van der Waals surface area contributed by atoms with Gasteiger partial charge in [0.25, 0.3) is 5.91 Å². The fourth-order valence-corrected chi connectivity index (χ4v) is 3.30. The van der Waals surface area contributed by atoms with Crippen LogP contribution in [0, 0.1) is 0 Å².